The van der Waals surface area contributed by atoms with Gasteiger partial charge in [0.15, 0.2) is 0 Å². The first-order chi connectivity index (χ1) is 9.04. The average Bonchev–Trinajstić information content (AvgIpc) is 2.79. The lowest BCUT2D eigenvalue weighted by molar-refractivity contribution is -0.124. The van der Waals surface area contributed by atoms with Gasteiger partial charge in [0.25, 0.3) is 0 Å². The molecule has 102 valence electrons. The minimum atomic E-state index is -0.245. The molecule has 19 heavy (non-hydrogen) atoms. The second-order valence-corrected chi connectivity index (χ2v) is 5.13. The van der Waals surface area contributed by atoms with Crippen LogP contribution in [0.15, 0.2) is 36.4 Å². The zero-order valence-corrected chi connectivity index (χ0v) is 11.0. The molecule has 0 fully saturated rings. The van der Waals surface area contributed by atoms with Crippen molar-refractivity contribution in [3.8, 4) is 0 Å². The molecule has 1 aliphatic rings. The molecular formula is C15H19FN2O. The minimum Gasteiger partial charge on any atom is -0.353 e. The summed E-state index contributed by atoms with van der Waals surface area (Å²) < 4.78 is 12.8. The van der Waals surface area contributed by atoms with E-state index in [4.69, 9.17) is 5.73 Å². The van der Waals surface area contributed by atoms with Gasteiger partial charge in [-0.2, -0.15) is 0 Å². The monoisotopic (exact) mass is 262 g/mol. The van der Waals surface area contributed by atoms with E-state index in [1.807, 2.05) is 19.1 Å². The summed E-state index contributed by atoms with van der Waals surface area (Å²) in [7, 11) is 0. The molecule has 3 nitrogen and oxygen atoms in total. The highest BCUT2D eigenvalue weighted by atomic mass is 19.1. The van der Waals surface area contributed by atoms with Crippen LogP contribution in [0.1, 0.15) is 18.9 Å². The Morgan fingerprint density at radius 3 is 2.68 bits per heavy atom. The summed E-state index contributed by atoms with van der Waals surface area (Å²) in [6.45, 7) is 1.94. The predicted octanol–water partition coefficient (Wildman–Crippen LogP) is 1.78. The van der Waals surface area contributed by atoms with Crippen LogP contribution in [0, 0.1) is 11.7 Å². The van der Waals surface area contributed by atoms with E-state index in [0.29, 0.717) is 12.8 Å². The van der Waals surface area contributed by atoms with Crippen LogP contribution in [0.5, 0.6) is 0 Å². The normalized spacial score (nSPS) is 23.3. The highest BCUT2D eigenvalue weighted by Gasteiger charge is 2.23. The van der Waals surface area contributed by atoms with Crippen LogP contribution in [0.4, 0.5) is 4.39 Å². The van der Waals surface area contributed by atoms with E-state index >= 15 is 0 Å². The van der Waals surface area contributed by atoms with Gasteiger partial charge in [-0.25, -0.2) is 4.39 Å². The Morgan fingerprint density at radius 1 is 1.42 bits per heavy atom. The van der Waals surface area contributed by atoms with Crippen molar-refractivity contribution in [1.82, 2.24) is 5.32 Å². The number of carbonyl (C=O) groups excluding carboxylic acids is 1. The standard InChI is InChI=1S/C15H19FN2O/c1-10(8-11-2-5-13(16)6-3-11)18-15(19)12-4-7-14(17)9-12/h2-7,10,12,14H,8-9,17H2,1H3,(H,18,19). The van der Waals surface area contributed by atoms with Gasteiger partial charge in [-0.15, -0.1) is 0 Å². The van der Waals surface area contributed by atoms with Crippen LogP contribution < -0.4 is 11.1 Å². The highest BCUT2D eigenvalue weighted by molar-refractivity contribution is 5.81. The maximum atomic E-state index is 12.8. The third kappa shape index (κ3) is 3.89. The van der Waals surface area contributed by atoms with E-state index in [1.165, 1.54) is 12.1 Å². The Balaban J connectivity index is 1.84. The number of amides is 1. The molecule has 0 aliphatic heterocycles. The number of nitrogens with one attached hydrogen (secondary N) is 1. The van der Waals surface area contributed by atoms with Crippen LogP contribution >= 0.6 is 0 Å². The summed E-state index contributed by atoms with van der Waals surface area (Å²) in [5, 5.41) is 2.97. The van der Waals surface area contributed by atoms with Crippen molar-refractivity contribution in [3.63, 3.8) is 0 Å². The first-order valence-electron chi connectivity index (χ1n) is 6.53. The number of benzene rings is 1. The van der Waals surface area contributed by atoms with Crippen LogP contribution in [0.2, 0.25) is 0 Å². The second kappa shape index (κ2) is 5.97. The van der Waals surface area contributed by atoms with E-state index < -0.39 is 0 Å². The number of carbonyl (C=O) groups is 1. The Kier molecular flexibility index (Phi) is 4.32. The molecule has 0 bridgehead atoms. The van der Waals surface area contributed by atoms with Crippen molar-refractivity contribution in [2.75, 3.05) is 0 Å². The lowest BCUT2D eigenvalue weighted by Crippen LogP contribution is -2.38. The fourth-order valence-electron chi connectivity index (χ4n) is 2.30. The molecule has 3 atom stereocenters. The summed E-state index contributed by atoms with van der Waals surface area (Å²) in [4.78, 5) is 12.0. The molecule has 1 amide bonds. The lowest BCUT2D eigenvalue weighted by Gasteiger charge is -2.17. The van der Waals surface area contributed by atoms with Gasteiger partial charge in [0.05, 0.1) is 5.92 Å². The molecule has 0 radical (unpaired) electrons. The van der Waals surface area contributed by atoms with Crippen molar-refractivity contribution in [2.24, 2.45) is 11.7 Å². The third-order valence-corrected chi connectivity index (χ3v) is 3.30. The van der Waals surface area contributed by atoms with E-state index in [-0.39, 0.29) is 29.7 Å². The van der Waals surface area contributed by atoms with E-state index in [2.05, 4.69) is 5.32 Å². The smallest absolute Gasteiger partial charge is 0.227 e. The highest BCUT2D eigenvalue weighted by Crippen LogP contribution is 2.16. The summed E-state index contributed by atoms with van der Waals surface area (Å²) in [6.07, 6.45) is 5.10. The molecule has 2 rings (SSSR count). The Labute approximate surface area is 112 Å². The predicted molar refractivity (Wildman–Crippen MR) is 72.9 cm³/mol. The van der Waals surface area contributed by atoms with Gasteiger partial charge in [-0.05, 0) is 37.5 Å². The van der Waals surface area contributed by atoms with Crippen molar-refractivity contribution >= 4 is 5.91 Å². The van der Waals surface area contributed by atoms with E-state index in [9.17, 15) is 9.18 Å². The second-order valence-electron chi connectivity index (χ2n) is 5.13. The van der Waals surface area contributed by atoms with Gasteiger partial charge >= 0.3 is 0 Å². The van der Waals surface area contributed by atoms with Gasteiger partial charge in [0.1, 0.15) is 5.82 Å². The first-order valence-corrected chi connectivity index (χ1v) is 6.53. The van der Waals surface area contributed by atoms with Gasteiger partial charge in [-0.3, -0.25) is 4.79 Å². The Hall–Kier alpha value is -1.68. The molecule has 0 aromatic heterocycles. The summed E-state index contributed by atoms with van der Waals surface area (Å²) in [5.41, 5.74) is 6.74. The molecule has 1 aromatic rings. The van der Waals surface area contributed by atoms with Crippen LogP contribution in [-0.4, -0.2) is 18.0 Å². The van der Waals surface area contributed by atoms with Crippen LogP contribution in [-0.2, 0) is 11.2 Å². The maximum Gasteiger partial charge on any atom is 0.227 e. The quantitative estimate of drug-likeness (QED) is 0.813. The number of hydrogen-bond donors (Lipinski definition) is 2. The molecular weight excluding hydrogens is 243 g/mol. The minimum absolute atomic E-state index is 0.0110. The fraction of sp³-hybridized carbons (Fsp3) is 0.400. The molecule has 1 aliphatic carbocycles. The zero-order chi connectivity index (χ0) is 13.8. The van der Waals surface area contributed by atoms with Crippen molar-refractivity contribution in [1.29, 1.82) is 0 Å². The van der Waals surface area contributed by atoms with Crippen molar-refractivity contribution in [2.45, 2.75) is 31.8 Å². The summed E-state index contributed by atoms with van der Waals surface area (Å²) in [5.74, 6) is -0.352. The van der Waals surface area contributed by atoms with Crippen LogP contribution in [0.25, 0.3) is 0 Å². The summed E-state index contributed by atoms with van der Waals surface area (Å²) in [6, 6.07) is 6.35. The van der Waals surface area contributed by atoms with Crippen molar-refractivity contribution < 1.29 is 9.18 Å². The average molecular weight is 262 g/mol. The third-order valence-electron chi connectivity index (χ3n) is 3.30. The molecule has 4 heteroatoms. The number of halogens is 1. The first kappa shape index (κ1) is 13.7. The van der Waals surface area contributed by atoms with E-state index in [1.54, 1.807) is 12.1 Å². The lowest BCUT2D eigenvalue weighted by atomic mass is 10.0. The van der Waals surface area contributed by atoms with Crippen molar-refractivity contribution in [3.05, 3.63) is 47.8 Å². The van der Waals surface area contributed by atoms with Gasteiger partial charge < -0.3 is 11.1 Å². The molecule has 0 saturated heterocycles. The maximum absolute atomic E-state index is 12.8. The van der Waals surface area contributed by atoms with Crippen LogP contribution in [0.3, 0.4) is 0 Å². The molecule has 0 saturated carbocycles. The molecule has 3 N–H and O–H groups in total. The molecule has 3 unspecified atom stereocenters. The number of nitrogens with two attached hydrogens (primary N) is 1. The molecule has 1 aromatic carbocycles. The van der Waals surface area contributed by atoms with Gasteiger partial charge in [-0.1, -0.05) is 24.3 Å². The largest absolute Gasteiger partial charge is 0.353 e. The topological polar surface area (TPSA) is 55.1 Å². The zero-order valence-electron chi connectivity index (χ0n) is 11.0. The van der Waals surface area contributed by atoms with Gasteiger partial charge in [0.2, 0.25) is 5.91 Å². The molecule has 0 heterocycles. The number of rotatable bonds is 4. The van der Waals surface area contributed by atoms with Gasteiger partial charge in [0, 0.05) is 12.1 Å². The number of hydrogen-bond acceptors (Lipinski definition) is 2. The molecule has 0 spiro atoms. The SMILES string of the molecule is CC(Cc1ccc(F)cc1)NC(=O)C1C=CC(N)C1. The van der Waals surface area contributed by atoms with E-state index in [0.717, 1.165) is 5.56 Å². The fourth-order valence-corrected chi connectivity index (χ4v) is 2.30. The summed E-state index contributed by atoms with van der Waals surface area (Å²) >= 11 is 0. The Bertz CT molecular complexity index is 470. The Morgan fingerprint density at radius 2 is 2.11 bits per heavy atom.